The predicted octanol–water partition coefficient (Wildman–Crippen LogP) is -19.2. The zero-order valence-corrected chi connectivity index (χ0v) is 62.4. The Morgan fingerprint density at radius 3 is 1.06 bits per heavy atom. The number of hydrogen-bond acceptors (Lipinski definition) is 47. The van der Waals surface area contributed by atoms with Crippen LogP contribution in [0.2, 0.25) is 0 Å². The first-order valence-corrected chi connectivity index (χ1v) is 37.5. The molecule has 0 radical (unpaired) electrons. The molecule has 115 heavy (non-hydrogen) atoms. The van der Waals surface area contributed by atoms with Crippen LogP contribution in [0, 0.1) is 0 Å². The minimum Gasteiger partial charge on any atom is -0.394 e. The van der Waals surface area contributed by atoms with Crippen LogP contribution in [0.4, 0.5) is 0 Å². The van der Waals surface area contributed by atoms with Crippen LogP contribution in [0.25, 0.3) is 0 Å². The molecule has 52 nitrogen and oxygen atoms in total. The molecule has 9 aliphatic rings. The Balaban J connectivity index is 1.04. The minimum atomic E-state index is -5.43. The summed E-state index contributed by atoms with van der Waals surface area (Å²) in [5.41, 5.74) is 0. The van der Waals surface area contributed by atoms with E-state index in [1.165, 1.54) is 6.92 Å². The zero-order chi connectivity index (χ0) is 85.0. The number of carbonyl (C=O) groups is 4. The summed E-state index contributed by atoms with van der Waals surface area (Å²) in [5, 5.41) is 266. The largest absolute Gasteiger partial charge is 0.397 e. The summed E-state index contributed by atoms with van der Waals surface area (Å²) in [6.07, 6.45) is -85.6. The van der Waals surface area contributed by atoms with Crippen LogP contribution >= 0.6 is 0 Å². The third-order valence-electron chi connectivity index (χ3n) is 20.5. The molecule has 9 heterocycles. The average Bonchev–Trinajstić information content (AvgIpc) is 0.764. The van der Waals surface area contributed by atoms with Crippen molar-refractivity contribution in [2.45, 2.75) is 311 Å². The molecule has 53 heteroatoms. The quantitative estimate of drug-likeness (QED) is 0.0297. The summed E-state index contributed by atoms with van der Waals surface area (Å²) < 4.78 is 138. The highest BCUT2D eigenvalue weighted by Crippen LogP contribution is 2.40. The molecule has 0 saturated carbocycles. The van der Waals surface area contributed by atoms with Crippen molar-refractivity contribution in [1.29, 1.82) is 0 Å². The average molecular weight is 1710 g/mol. The highest BCUT2D eigenvalue weighted by molar-refractivity contribution is 7.80. The zero-order valence-electron chi connectivity index (χ0n) is 61.6. The lowest BCUT2D eigenvalue weighted by molar-refractivity contribution is -0.397. The normalized spacial score (nSPS) is 48.1. The second kappa shape index (κ2) is 40.9. The molecule has 666 valence electrons. The second-order valence-corrected chi connectivity index (χ2v) is 29.7. The molecule has 1 unspecified atom stereocenters. The molecule has 0 aliphatic carbocycles. The van der Waals surface area contributed by atoms with Crippen LogP contribution in [0.3, 0.4) is 0 Å². The first kappa shape index (κ1) is 95.0. The number of hydrogen-bond donors (Lipinski definition) is 28. The van der Waals surface area contributed by atoms with E-state index in [1.807, 2.05) is 0 Å². The van der Waals surface area contributed by atoms with E-state index in [4.69, 9.17) is 80.5 Å². The van der Waals surface area contributed by atoms with Gasteiger partial charge in [-0.25, -0.2) is 4.18 Å². The lowest BCUT2D eigenvalue weighted by Crippen LogP contribution is -2.71. The Morgan fingerprint density at radius 2 is 0.591 bits per heavy atom. The summed E-state index contributed by atoms with van der Waals surface area (Å²) in [7, 11) is -5.43. The van der Waals surface area contributed by atoms with Crippen LogP contribution in [-0.4, -0.2) is 483 Å². The van der Waals surface area contributed by atoms with Crippen LogP contribution < -0.4 is 21.3 Å². The molecule has 45 atom stereocenters. The van der Waals surface area contributed by atoms with Gasteiger partial charge < -0.3 is 219 Å². The van der Waals surface area contributed by atoms with Crippen LogP contribution in [0.1, 0.15) is 34.6 Å². The standard InChI is InChI=1S/C62H104N4O48S/c1-14-31(77)40(86)43(89)58(99-14)98-13-26-49(36(82)27(54(93)100-26)63-15(2)73)109-55-28(64-16(3)74)38(84)48(23(10-71)104-55)110-61-46(92)52(35(81)25(107-61)12-97-59-45(91)51(34(80)21(8-69)101-59)111-60-44(90)41(87)32(78)19(6-67)102-60)112-62-53(42(88)33(79)20(7-68)103-62)113-57-29(65-17(4)75)37(83)47(22(9-70)105-57)108-56-30(66-18(5)76)39(85)50(24(11-72)106-56)114-115(94,95)96/h14,19-62,67-72,77-93H,6-13H2,1-5H3,(H,63,73)(H,64,74)(H,65,75)(H,66,76)(H,94,95,96)/t14-,19+,20+,21+,22+,23+,24+,25+,26+,27+,28+,29+,30+,31+,32+,33+,34+,35+,36+,37+,38+,39+,40+,41-,42-,43-,44-,45-,46-,47+,48+,49+,50-,51-,52-,53-,54?,55-,56-,57-,58+,59-,60+,61-,62+/m0/s1. The Hall–Kier alpha value is -3.85. The van der Waals surface area contributed by atoms with Crippen molar-refractivity contribution >= 4 is 34.0 Å². The number of amides is 4. The minimum absolute atomic E-state index is 0.838. The Bertz CT molecular complexity index is 3230. The number of aliphatic hydroxyl groups excluding tert-OH is 23. The van der Waals surface area contributed by atoms with Crippen LogP contribution in [0.5, 0.6) is 0 Å². The Labute approximate surface area is 651 Å². The molecular formula is C62H104N4O48S. The van der Waals surface area contributed by atoms with Gasteiger partial charge in [0, 0.05) is 27.7 Å². The second-order valence-electron chi connectivity index (χ2n) is 28.7. The lowest BCUT2D eigenvalue weighted by atomic mass is 9.93. The SMILES string of the molecule is CC(=O)N[C@H]1[C@H](O[C@H]2[C@H](O)[C@@H](NC(C)=O)[C@H](O[C@@H]3[C@@H](O[C@@H]4[C@H](O)[C@H](O[C@H]5[C@H](O)[C@@H](NC(C)=O)[C@H](O[C@H]6[C@H](O)[C@@H](NC(C)=O)C(O)O[C@@H]6CO[C@@H]6O[C@@H](C)[C@@H](O)[C@@H](O)[C@@H]6O)O[C@@H]5CO)O[C@H](CO[C@H]5O[C@H](CO)[C@@H](O)[C@H](O[C@H]6O[C@H](CO)[C@@H](O)[C@H](O)[C@@H]6O)[C@@H]5O)[C@H]4O)O[C@H](CO)[C@@H](O)[C@@H]3O)O[C@@H]2CO)O[C@H](CO)[C@H](OS(=O)(=O)O)[C@@H]1O. The highest BCUT2D eigenvalue weighted by Gasteiger charge is 2.61. The maximum absolute atomic E-state index is 13.2. The van der Waals surface area contributed by atoms with Crippen molar-refractivity contribution in [3.8, 4) is 0 Å². The number of rotatable bonds is 30. The molecule has 28 N–H and O–H groups in total. The molecule has 0 bridgehead atoms. The van der Waals surface area contributed by atoms with E-state index in [1.54, 1.807) is 0 Å². The van der Waals surface area contributed by atoms with Gasteiger partial charge in [0.25, 0.3) is 0 Å². The lowest BCUT2D eigenvalue weighted by Gasteiger charge is -2.51. The first-order chi connectivity index (χ1) is 54.1. The van der Waals surface area contributed by atoms with Gasteiger partial charge in [0.15, 0.2) is 56.6 Å². The molecule has 9 rings (SSSR count). The van der Waals surface area contributed by atoms with Crippen molar-refractivity contribution in [3.05, 3.63) is 0 Å². The number of aliphatic hydroxyl groups is 23. The fourth-order valence-electron chi connectivity index (χ4n) is 14.6. The maximum Gasteiger partial charge on any atom is 0.397 e. The van der Waals surface area contributed by atoms with Crippen molar-refractivity contribution in [3.63, 3.8) is 0 Å². The van der Waals surface area contributed by atoms with Gasteiger partial charge in [-0.15, -0.1) is 0 Å². The van der Waals surface area contributed by atoms with Gasteiger partial charge in [0.2, 0.25) is 23.6 Å². The molecule has 0 aromatic carbocycles. The van der Waals surface area contributed by atoms with Crippen LogP contribution in [0.15, 0.2) is 0 Å². The Morgan fingerprint density at radius 1 is 0.287 bits per heavy atom. The van der Waals surface area contributed by atoms with Gasteiger partial charge >= 0.3 is 10.4 Å². The number of ether oxygens (including phenoxy) is 17. The molecular weight excluding hydrogens is 1600 g/mol. The van der Waals surface area contributed by atoms with E-state index in [9.17, 15) is 150 Å². The smallest absolute Gasteiger partial charge is 0.394 e. The van der Waals surface area contributed by atoms with Crippen LogP contribution in [-0.2, 0) is 114 Å². The van der Waals surface area contributed by atoms with Gasteiger partial charge in [-0.1, -0.05) is 0 Å². The van der Waals surface area contributed by atoms with E-state index in [-0.39, 0.29) is 0 Å². The van der Waals surface area contributed by atoms with E-state index in [2.05, 4.69) is 25.5 Å². The molecule has 4 amide bonds. The fourth-order valence-corrected chi connectivity index (χ4v) is 15.1. The maximum atomic E-state index is 13.2. The monoisotopic (exact) mass is 1700 g/mol. The van der Waals surface area contributed by atoms with E-state index < -0.39 is 363 Å². The Kier molecular flexibility index (Phi) is 33.8. The van der Waals surface area contributed by atoms with E-state index in [0.29, 0.717) is 0 Å². The van der Waals surface area contributed by atoms with E-state index in [0.717, 1.165) is 27.7 Å². The van der Waals surface area contributed by atoms with Crippen molar-refractivity contribution in [1.82, 2.24) is 21.3 Å². The summed E-state index contributed by atoms with van der Waals surface area (Å²) in [6.45, 7) is -3.93. The first-order valence-electron chi connectivity index (χ1n) is 36.1. The molecule has 0 spiro atoms. The van der Waals surface area contributed by atoms with Gasteiger partial charge in [0.1, 0.15) is 213 Å². The third-order valence-corrected chi connectivity index (χ3v) is 21.0. The molecule has 9 fully saturated rings. The summed E-state index contributed by atoms with van der Waals surface area (Å²) >= 11 is 0. The predicted molar refractivity (Wildman–Crippen MR) is 352 cm³/mol. The van der Waals surface area contributed by atoms with E-state index >= 15 is 0 Å². The molecule has 9 aliphatic heterocycles. The van der Waals surface area contributed by atoms with Gasteiger partial charge in [-0.05, 0) is 6.92 Å². The van der Waals surface area contributed by atoms with Gasteiger partial charge in [-0.3, -0.25) is 23.7 Å². The van der Waals surface area contributed by atoms with Gasteiger partial charge in [0.05, 0.1) is 59.0 Å². The van der Waals surface area contributed by atoms with Crippen molar-refractivity contribution in [2.75, 3.05) is 52.9 Å². The fraction of sp³-hybridized carbons (Fsp3) is 0.935. The third kappa shape index (κ3) is 21.8. The molecule has 0 aromatic heterocycles. The van der Waals surface area contributed by atoms with Gasteiger partial charge in [-0.2, -0.15) is 8.42 Å². The summed E-state index contributed by atoms with van der Waals surface area (Å²) in [6, 6.07) is -7.72. The summed E-state index contributed by atoms with van der Waals surface area (Å²) in [4.78, 5) is 51.1. The topological polar surface area (TPSA) is 802 Å². The number of carbonyl (C=O) groups excluding carboxylic acids is 4. The summed E-state index contributed by atoms with van der Waals surface area (Å²) in [5.74, 6) is -3.78. The van der Waals surface area contributed by atoms with Crippen molar-refractivity contribution in [2.24, 2.45) is 0 Å². The number of nitrogens with one attached hydrogen (secondary N) is 4. The highest BCUT2D eigenvalue weighted by atomic mass is 32.3. The molecule has 0 aromatic rings. The van der Waals surface area contributed by atoms with Crippen molar-refractivity contribution < 1.29 is 234 Å². The molecule has 9 saturated heterocycles.